The highest BCUT2D eigenvalue weighted by atomic mass is 19.1. The first-order valence-corrected chi connectivity index (χ1v) is 20.0. The van der Waals surface area contributed by atoms with E-state index in [9.17, 15) is 29.0 Å². The Hall–Kier alpha value is -3.47. The number of carboxylic acid groups (broad SMARTS) is 1. The van der Waals surface area contributed by atoms with E-state index in [0.717, 1.165) is 62.3 Å². The molecule has 5 aliphatic carbocycles. The molecule has 4 saturated carbocycles. The maximum Gasteiger partial charge on any atom is 0.309 e. The highest BCUT2D eigenvalue weighted by molar-refractivity contribution is 6.00. The third kappa shape index (κ3) is 5.55. The van der Waals surface area contributed by atoms with Gasteiger partial charge in [-0.2, -0.15) is 0 Å². The van der Waals surface area contributed by atoms with Crippen LogP contribution in [0.15, 0.2) is 33.9 Å². The number of carbonyl (C=O) groups is 3. The molecule has 10 nitrogen and oxygen atoms in total. The molecular formula is C43H58FN3O7. The van der Waals surface area contributed by atoms with E-state index in [4.69, 9.17) is 9.15 Å². The molecule has 0 amide bonds. The van der Waals surface area contributed by atoms with E-state index in [-0.39, 0.29) is 70.0 Å². The van der Waals surface area contributed by atoms with E-state index >= 15 is 0 Å². The summed E-state index contributed by atoms with van der Waals surface area (Å²) in [6.45, 7) is 19.2. The second kappa shape index (κ2) is 12.8. The third-order valence-electron chi connectivity index (χ3n) is 16.0. The van der Waals surface area contributed by atoms with Crippen LogP contribution in [0.4, 0.5) is 4.39 Å². The Kier molecular flexibility index (Phi) is 9.18. The first kappa shape index (κ1) is 38.8. The monoisotopic (exact) mass is 747 g/mol. The quantitative estimate of drug-likeness (QED) is 0.251. The van der Waals surface area contributed by atoms with Gasteiger partial charge in [0, 0.05) is 17.3 Å². The van der Waals surface area contributed by atoms with E-state index in [2.05, 4.69) is 63.6 Å². The van der Waals surface area contributed by atoms with E-state index in [0.29, 0.717) is 24.0 Å². The molecule has 4 fully saturated rings. The maximum absolute atomic E-state index is 14.1. The highest BCUT2D eigenvalue weighted by Gasteiger charge is 2.71. The molecule has 2 unspecified atom stereocenters. The predicted molar refractivity (Wildman–Crippen MR) is 198 cm³/mol. The average molecular weight is 748 g/mol. The number of ether oxygens (including phenoxy) is 1. The van der Waals surface area contributed by atoms with Gasteiger partial charge in [0.25, 0.3) is 5.89 Å². The van der Waals surface area contributed by atoms with Crippen molar-refractivity contribution in [2.75, 3.05) is 0 Å². The maximum atomic E-state index is 14.1. The van der Waals surface area contributed by atoms with Gasteiger partial charge in [-0.15, -0.1) is 10.2 Å². The molecule has 2 N–H and O–H groups in total. The smallest absolute Gasteiger partial charge is 0.309 e. The van der Waals surface area contributed by atoms with Crippen molar-refractivity contribution in [1.82, 2.24) is 15.2 Å². The number of aliphatic hydroxyl groups excluding tert-OH is 1. The minimum absolute atomic E-state index is 0.00290. The molecule has 294 valence electrons. The SMILES string of the molecule is CC(C)C1=C2[C@H]3CCC4[C@@]5(C)CC[C@H](OC(=O)CC(C)(C)C(=O)O)C(C)(C)[C@@H]5CC[C@@]4(C)[C@]3(C)CC[C@@]2(C(O)c2nnc(-c3ccc(F)cn3)o2)CC1=O. The zero-order valence-corrected chi connectivity index (χ0v) is 33.4. The molecule has 7 rings (SSSR count). The van der Waals surface area contributed by atoms with E-state index in [1.165, 1.54) is 12.1 Å². The van der Waals surface area contributed by atoms with Crippen LogP contribution in [0.5, 0.6) is 0 Å². The number of aliphatic hydroxyl groups is 1. The number of fused-ring (bicyclic) bond motifs is 7. The Bertz CT molecular complexity index is 1880. The Morgan fingerprint density at radius 2 is 1.70 bits per heavy atom. The molecule has 0 saturated heterocycles. The van der Waals surface area contributed by atoms with Crippen molar-refractivity contribution in [2.45, 2.75) is 139 Å². The molecule has 2 aromatic heterocycles. The van der Waals surface area contributed by atoms with Gasteiger partial charge in [0.05, 0.1) is 18.0 Å². The normalized spacial score (nSPS) is 36.6. The summed E-state index contributed by atoms with van der Waals surface area (Å²) in [5.41, 5.74) is -0.275. The van der Waals surface area contributed by atoms with E-state index in [1.54, 1.807) is 13.8 Å². The van der Waals surface area contributed by atoms with Crippen LogP contribution in [0.25, 0.3) is 11.6 Å². The van der Waals surface area contributed by atoms with Crippen molar-refractivity contribution in [3.05, 3.63) is 41.2 Å². The molecule has 0 bridgehead atoms. The molecule has 2 heterocycles. The second-order valence-electron chi connectivity index (χ2n) is 19.8. The first-order chi connectivity index (χ1) is 25.1. The van der Waals surface area contributed by atoms with Crippen LogP contribution in [0.2, 0.25) is 0 Å². The summed E-state index contributed by atoms with van der Waals surface area (Å²) >= 11 is 0. The number of halogens is 1. The minimum atomic E-state index is -1.19. The molecule has 2 aromatic rings. The molecule has 0 spiro atoms. The van der Waals surface area contributed by atoms with Gasteiger partial charge in [0.2, 0.25) is 5.89 Å². The molecule has 0 radical (unpaired) electrons. The van der Waals surface area contributed by atoms with Crippen LogP contribution in [-0.4, -0.2) is 49.2 Å². The van der Waals surface area contributed by atoms with Crippen LogP contribution in [0, 0.1) is 62.0 Å². The third-order valence-corrected chi connectivity index (χ3v) is 16.0. The van der Waals surface area contributed by atoms with Crippen molar-refractivity contribution in [3.63, 3.8) is 0 Å². The standard InChI is InChI=1S/C43H58FN3O7/c1-23(2)32-27(48)20-43(34(50)36-47-46-35(54-36)26-12-10-24(44)22-45-26)19-18-41(8)25(33(32)43)11-13-29-40(7)16-15-30(53-31(49)21-38(3,4)37(51)52)39(5,6)28(40)14-17-42(29,41)9/h10,12,22-23,25,28-30,34,50H,11,13-21H2,1-9H3,(H,51,52)/t25-,28+,29?,30+,34?,40+,41-,42-,43-/m1/s1. The van der Waals surface area contributed by atoms with Crippen LogP contribution in [0.1, 0.15) is 139 Å². The largest absolute Gasteiger partial charge is 0.481 e. The van der Waals surface area contributed by atoms with Gasteiger partial charge in [-0.1, -0.05) is 48.5 Å². The Morgan fingerprint density at radius 3 is 2.35 bits per heavy atom. The van der Waals surface area contributed by atoms with Gasteiger partial charge >= 0.3 is 11.9 Å². The molecule has 11 heteroatoms. The number of allylic oxidation sites excluding steroid dienone is 1. The number of carboxylic acids is 1. The summed E-state index contributed by atoms with van der Waals surface area (Å²) in [7, 11) is 0. The summed E-state index contributed by atoms with van der Waals surface area (Å²) in [5, 5.41) is 30.3. The summed E-state index contributed by atoms with van der Waals surface area (Å²) in [6.07, 6.45) is 6.66. The lowest BCUT2D eigenvalue weighted by Gasteiger charge is -2.72. The predicted octanol–water partition coefficient (Wildman–Crippen LogP) is 8.70. The number of ketones is 1. The van der Waals surface area contributed by atoms with Gasteiger partial charge in [-0.05, 0) is 128 Å². The van der Waals surface area contributed by atoms with Crippen molar-refractivity contribution in [2.24, 2.45) is 56.2 Å². The number of hydrogen-bond acceptors (Lipinski definition) is 9. The number of hydrogen-bond donors (Lipinski definition) is 2. The Balaban J connectivity index is 1.19. The van der Waals surface area contributed by atoms with Gasteiger partial charge in [-0.3, -0.25) is 14.4 Å². The van der Waals surface area contributed by atoms with E-state index in [1.807, 2.05) is 0 Å². The van der Waals surface area contributed by atoms with Crippen LogP contribution in [-0.2, 0) is 19.1 Å². The molecular weight excluding hydrogens is 689 g/mol. The zero-order valence-electron chi connectivity index (χ0n) is 33.4. The fourth-order valence-corrected chi connectivity index (χ4v) is 13.0. The summed E-state index contributed by atoms with van der Waals surface area (Å²) in [4.78, 5) is 43.0. The fourth-order valence-electron chi connectivity index (χ4n) is 13.0. The van der Waals surface area contributed by atoms with E-state index < -0.39 is 34.7 Å². The number of carbonyl (C=O) groups excluding carboxylic acids is 2. The number of aliphatic carboxylic acids is 1. The Labute approximate surface area is 318 Å². The highest BCUT2D eigenvalue weighted by Crippen LogP contribution is 2.77. The lowest BCUT2D eigenvalue weighted by molar-refractivity contribution is -0.235. The number of pyridine rings is 1. The zero-order chi connectivity index (χ0) is 39.4. The number of nitrogens with zero attached hydrogens (tertiary/aromatic N) is 3. The molecule has 5 aliphatic rings. The fraction of sp³-hybridized carbons (Fsp3) is 0.721. The number of Topliss-reactive ketones (excluding diaryl/α,β-unsaturated/α-hetero) is 1. The molecule has 0 aromatic carbocycles. The number of rotatable bonds is 8. The van der Waals surface area contributed by atoms with Crippen molar-refractivity contribution in [1.29, 1.82) is 0 Å². The van der Waals surface area contributed by atoms with Crippen molar-refractivity contribution in [3.8, 4) is 11.6 Å². The molecule has 9 atom stereocenters. The van der Waals surface area contributed by atoms with Gasteiger partial charge < -0.3 is 19.4 Å². The van der Waals surface area contributed by atoms with Crippen LogP contribution in [0.3, 0.4) is 0 Å². The topological polar surface area (TPSA) is 153 Å². The summed E-state index contributed by atoms with van der Waals surface area (Å²) in [6, 6.07) is 2.73. The molecule has 54 heavy (non-hydrogen) atoms. The van der Waals surface area contributed by atoms with Gasteiger partial charge in [0.15, 0.2) is 5.78 Å². The Morgan fingerprint density at radius 1 is 0.981 bits per heavy atom. The minimum Gasteiger partial charge on any atom is -0.481 e. The van der Waals surface area contributed by atoms with Crippen molar-refractivity contribution >= 4 is 17.7 Å². The average Bonchev–Trinajstić information content (AvgIpc) is 3.69. The number of aromatic nitrogens is 3. The van der Waals surface area contributed by atoms with Crippen molar-refractivity contribution < 1.29 is 38.1 Å². The number of esters is 1. The van der Waals surface area contributed by atoms with Gasteiger partial charge in [-0.25, -0.2) is 9.37 Å². The summed E-state index contributed by atoms with van der Waals surface area (Å²) < 4.78 is 25.8. The van der Waals surface area contributed by atoms with Crippen LogP contribution >= 0.6 is 0 Å². The first-order valence-electron chi connectivity index (χ1n) is 20.0. The van der Waals surface area contributed by atoms with Gasteiger partial charge in [0.1, 0.15) is 23.7 Å². The lowest BCUT2D eigenvalue weighted by atomic mass is 9.33. The summed E-state index contributed by atoms with van der Waals surface area (Å²) in [5.74, 6) is -0.907. The van der Waals surface area contributed by atoms with Crippen LogP contribution < -0.4 is 0 Å². The second-order valence-corrected chi connectivity index (χ2v) is 19.8. The molecule has 0 aliphatic heterocycles. The lowest BCUT2D eigenvalue weighted by Crippen LogP contribution is -2.66.